The van der Waals surface area contributed by atoms with Crippen molar-refractivity contribution in [2.45, 2.75) is 58.3 Å². The van der Waals surface area contributed by atoms with Crippen LogP contribution in [0.5, 0.6) is 0 Å². The highest BCUT2D eigenvalue weighted by Gasteiger charge is 2.52. The van der Waals surface area contributed by atoms with Crippen LogP contribution in [-0.2, 0) is 15.8 Å². The number of hydrogen-bond acceptors (Lipinski definition) is 2. The summed E-state index contributed by atoms with van der Waals surface area (Å²) in [6.07, 6.45) is 4.78. The van der Waals surface area contributed by atoms with Crippen LogP contribution in [0.25, 0.3) is 0 Å². The van der Waals surface area contributed by atoms with Crippen molar-refractivity contribution >= 4 is 18.7 Å². The van der Waals surface area contributed by atoms with Gasteiger partial charge in [0.05, 0.1) is 18.8 Å². The first-order valence-corrected chi connectivity index (χ1v) is 13.3. The van der Waals surface area contributed by atoms with Gasteiger partial charge in [-0.2, -0.15) is 0 Å². The van der Waals surface area contributed by atoms with Crippen LogP contribution in [0, 0.1) is 12.0 Å². The molecular weight excluding hydrogens is 408 g/mol. The van der Waals surface area contributed by atoms with Crippen molar-refractivity contribution in [1.29, 1.82) is 0 Å². The van der Waals surface area contributed by atoms with E-state index in [0.29, 0.717) is 13.0 Å². The maximum atomic E-state index is 6.65. The Morgan fingerprint density at radius 2 is 1.28 bits per heavy atom. The maximum absolute atomic E-state index is 6.65. The molecule has 0 aliphatic carbocycles. The fourth-order valence-electron chi connectivity index (χ4n) is 4.03. The second-order valence-corrected chi connectivity index (χ2v) is 13.3. The van der Waals surface area contributed by atoms with Gasteiger partial charge in [-0.3, -0.25) is 0 Å². The Morgan fingerprint density at radius 3 is 1.75 bits per heavy atom. The minimum atomic E-state index is -2.62. The fourth-order valence-corrected chi connectivity index (χ4v) is 8.18. The minimum absolute atomic E-state index is 0.0850. The highest BCUT2D eigenvalue weighted by atomic mass is 28.4. The molecule has 0 saturated carbocycles. The third-order valence-corrected chi connectivity index (χ3v) is 10.6. The topological polar surface area (TPSA) is 18.5 Å². The second-order valence-electron chi connectivity index (χ2n) is 9.08. The molecule has 0 spiro atoms. The number of rotatable bonds is 8. The molecular formula is C29H34O2Si. The highest BCUT2D eigenvalue weighted by Crippen LogP contribution is 2.36. The smallest absolute Gasteiger partial charge is 0.332 e. The molecule has 2 nitrogen and oxygen atoms in total. The average molecular weight is 443 g/mol. The van der Waals surface area contributed by atoms with E-state index in [1.54, 1.807) is 0 Å². The quantitative estimate of drug-likeness (QED) is 0.319. The molecule has 0 fully saturated rings. The Kier molecular flexibility index (Phi) is 8.33. The van der Waals surface area contributed by atoms with Gasteiger partial charge in [-0.15, -0.1) is 0 Å². The minimum Gasteiger partial charge on any atom is -0.489 e. The van der Waals surface area contributed by atoms with Crippen LogP contribution < -0.4 is 10.4 Å². The lowest BCUT2D eigenvalue weighted by Gasteiger charge is -2.40. The molecule has 166 valence electrons. The zero-order valence-corrected chi connectivity index (χ0v) is 20.7. The van der Waals surface area contributed by atoms with Gasteiger partial charge < -0.3 is 9.16 Å². The predicted molar refractivity (Wildman–Crippen MR) is 136 cm³/mol. The van der Waals surface area contributed by atoms with Gasteiger partial charge >= 0.3 is 8.32 Å². The molecule has 0 aliphatic heterocycles. The van der Waals surface area contributed by atoms with Crippen molar-refractivity contribution < 1.29 is 9.16 Å². The summed E-state index contributed by atoms with van der Waals surface area (Å²) in [5.74, 6) is 3.28. The van der Waals surface area contributed by atoms with E-state index < -0.39 is 8.32 Å². The normalized spacial score (nSPS) is 12.5. The largest absolute Gasteiger partial charge is 0.489 e. The van der Waals surface area contributed by atoms with Gasteiger partial charge in [-0.1, -0.05) is 125 Å². The lowest BCUT2D eigenvalue weighted by Crippen LogP contribution is -2.65. The molecule has 0 saturated heterocycles. The van der Waals surface area contributed by atoms with Crippen LogP contribution in [0.1, 0.15) is 46.1 Å². The van der Waals surface area contributed by atoms with E-state index in [9.17, 15) is 0 Å². The molecule has 0 amide bonds. The molecule has 3 rings (SSSR count). The average Bonchev–Trinajstić information content (AvgIpc) is 2.82. The van der Waals surface area contributed by atoms with Gasteiger partial charge in [-0.05, 0) is 22.4 Å². The van der Waals surface area contributed by atoms with E-state index in [1.807, 2.05) is 18.2 Å². The maximum Gasteiger partial charge on any atom is 0.332 e. The molecule has 0 radical (unpaired) electrons. The Hall–Kier alpha value is -2.80. The number of benzene rings is 3. The van der Waals surface area contributed by atoms with Crippen LogP contribution >= 0.6 is 0 Å². The predicted octanol–water partition coefficient (Wildman–Crippen LogP) is 5.91. The molecule has 0 heterocycles. The van der Waals surface area contributed by atoms with E-state index in [4.69, 9.17) is 9.16 Å². The summed E-state index contributed by atoms with van der Waals surface area (Å²) in [6, 6.07) is 31.5. The third-order valence-electron chi connectivity index (χ3n) is 5.81. The molecule has 32 heavy (non-hydrogen) atoms. The zero-order valence-electron chi connectivity index (χ0n) is 19.7. The van der Waals surface area contributed by atoms with E-state index in [1.165, 1.54) is 15.9 Å². The van der Waals surface area contributed by atoms with Crippen molar-refractivity contribution in [1.82, 2.24) is 0 Å². The van der Waals surface area contributed by atoms with Gasteiger partial charge in [0, 0.05) is 11.5 Å². The van der Waals surface area contributed by atoms with E-state index in [0.717, 1.165) is 6.42 Å². The van der Waals surface area contributed by atoms with Gasteiger partial charge in [-0.25, -0.2) is 0 Å². The van der Waals surface area contributed by atoms with Crippen LogP contribution in [0.3, 0.4) is 0 Å². The number of hydrogen-bond donors (Lipinski definition) is 0. The Labute approximate surface area is 194 Å². The van der Waals surface area contributed by atoms with Crippen molar-refractivity contribution in [3.05, 3.63) is 96.6 Å². The molecule has 3 aromatic rings. The summed E-state index contributed by atoms with van der Waals surface area (Å²) in [5, 5.41) is 2.39. The summed E-state index contributed by atoms with van der Waals surface area (Å²) < 4.78 is 12.7. The van der Waals surface area contributed by atoms with Crippen molar-refractivity contribution in [3.8, 4) is 12.0 Å². The van der Waals surface area contributed by atoms with Crippen LogP contribution in [0.15, 0.2) is 91.0 Å². The van der Waals surface area contributed by atoms with E-state index in [2.05, 4.69) is 113 Å². The molecule has 3 heteroatoms. The molecule has 3 aromatic carbocycles. The molecule has 0 N–H and O–H groups in total. The lowest BCUT2D eigenvalue weighted by molar-refractivity contribution is 0.0415. The van der Waals surface area contributed by atoms with Crippen LogP contribution in [-0.4, -0.2) is 14.4 Å². The molecule has 1 atom stereocenters. The highest BCUT2D eigenvalue weighted by molar-refractivity contribution is 6.99. The summed E-state index contributed by atoms with van der Waals surface area (Å²) >= 11 is 0. The molecule has 0 bridgehead atoms. The van der Waals surface area contributed by atoms with Crippen LogP contribution in [0.4, 0.5) is 0 Å². The summed E-state index contributed by atoms with van der Waals surface area (Å²) in [5.41, 5.74) is 1.18. The van der Waals surface area contributed by atoms with Crippen molar-refractivity contribution in [3.63, 3.8) is 0 Å². The fraction of sp³-hybridized carbons (Fsp3) is 0.310. The molecule has 0 aliphatic rings. The van der Waals surface area contributed by atoms with E-state index in [-0.39, 0.29) is 11.1 Å². The standard InChI is InChI=1S/C29H34O2Si/c1-5-26(30-24-25-16-9-6-10-17-25)18-15-23-31-32(29(2,3)4,27-19-11-7-12-20-27)28-21-13-8-14-22-28/h6-14,16-17,19-22,26H,5,18,24H2,1-4H3. The molecule has 1 unspecified atom stereocenters. The van der Waals surface area contributed by atoms with Gasteiger partial charge in [0.25, 0.3) is 0 Å². The monoisotopic (exact) mass is 442 g/mol. The Balaban J connectivity index is 1.81. The van der Waals surface area contributed by atoms with Crippen LogP contribution in [0.2, 0.25) is 5.04 Å². The zero-order chi connectivity index (χ0) is 22.9. The Bertz CT molecular complexity index is 960. The first-order chi connectivity index (χ1) is 15.5. The lowest BCUT2D eigenvalue weighted by atomic mass is 10.2. The number of ether oxygens (including phenoxy) is 1. The second kappa shape index (κ2) is 11.2. The molecule has 0 aromatic heterocycles. The summed E-state index contributed by atoms with van der Waals surface area (Å²) in [4.78, 5) is 0. The first-order valence-electron chi connectivity index (χ1n) is 11.4. The van der Waals surface area contributed by atoms with E-state index >= 15 is 0 Å². The van der Waals surface area contributed by atoms with Gasteiger partial charge in [0.15, 0.2) is 0 Å². The van der Waals surface area contributed by atoms with Crippen molar-refractivity contribution in [2.75, 3.05) is 0 Å². The van der Waals surface area contributed by atoms with Crippen molar-refractivity contribution in [2.24, 2.45) is 0 Å². The Morgan fingerprint density at radius 1 is 0.781 bits per heavy atom. The van der Waals surface area contributed by atoms with Gasteiger partial charge in [0.2, 0.25) is 0 Å². The summed E-state index contributed by atoms with van der Waals surface area (Å²) in [7, 11) is -2.62. The third kappa shape index (κ3) is 5.71. The summed E-state index contributed by atoms with van der Waals surface area (Å²) in [6.45, 7) is 9.53. The SMILES string of the molecule is CCC(CC#CO[Si](c1ccccc1)(c1ccccc1)C(C)(C)C)OCc1ccccc1. The first kappa shape index (κ1) is 23.9. The van der Waals surface area contributed by atoms with Gasteiger partial charge in [0.1, 0.15) is 0 Å².